The van der Waals surface area contributed by atoms with Gasteiger partial charge in [0.1, 0.15) is 0 Å². The highest BCUT2D eigenvalue weighted by Crippen LogP contribution is 2.32. The molecule has 0 aromatic heterocycles. The molecule has 0 atom stereocenters. The molecule has 0 saturated heterocycles. The summed E-state index contributed by atoms with van der Waals surface area (Å²) in [4.78, 5) is 11.7. The second-order valence-corrected chi connectivity index (χ2v) is 4.96. The van der Waals surface area contributed by atoms with Crippen molar-refractivity contribution in [3.63, 3.8) is 0 Å². The molecule has 1 aromatic rings. The van der Waals surface area contributed by atoms with Gasteiger partial charge in [0.15, 0.2) is 0 Å². The summed E-state index contributed by atoms with van der Waals surface area (Å²) >= 11 is 11.8. The van der Waals surface area contributed by atoms with Crippen LogP contribution in [0.25, 0.3) is 0 Å². The molecule has 0 heterocycles. The van der Waals surface area contributed by atoms with E-state index in [1.807, 2.05) is 0 Å². The highest BCUT2D eigenvalue weighted by molar-refractivity contribution is 6.37. The van der Waals surface area contributed by atoms with E-state index in [2.05, 4.69) is 12.2 Å². The molecule has 0 unspecified atom stereocenters. The van der Waals surface area contributed by atoms with Crippen LogP contribution in [0.3, 0.4) is 0 Å². The number of benzene rings is 1. The number of carbonyl (C=O) groups excluding carboxylic acids is 1. The van der Waals surface area contributed by atoms with Crippen LogP contribution < -0.4 is 11.1 Å². The fourth-order valence-corrected chi connectivity index (χ4v) is 2.00. The predicted octanol–water partition coefficient (Wildman–Crippen LogP) is 3.72. The number of nitrogen functional groups attached to an aromatic ring is 1. The van der Waals surface area contributed by atoms with Crippen molar-refractivity contribution in [1.82, 2.24) is 0 Å². The van der Waals surface area contributed by atoms with E-state index in [1.54, 1.807) is 6.07 Å². The van der Waals surface area contributed by atoms with Crippen molar-refractivity contribution in [3.8, 4) is 0 Å². The number of nitrogens with two attached hydrogens (primary N) is 1. The zero-order valence-corrected chi connectivity index (χ0v) is 12.4. The van der Waals surface area contributed by atoms with E-state index in [1.165, 1.54) is 6.07 Å². The third-order valence-electron chi connectivity index (χ3n) is 2.47. The molecule has 106 valence electrons. The summed E-state index contributed by atoms with van der Waals surface area (Å²) in [6.07, 6.45) is 2.34. The van der Waals surface area contributed by atoms with Crippen LogP contribution in [0.4, 0.5) is 11.4 Å². The van der Waals surface area contributed by atoms with Gasteiger partial charge in [-0.2, -0.15) is 0 Å². The molecular formula is C13H18Cl2N2O2. The number of carbonyl (C=O) groups is 1. The molecule has 0 fully saturated rings. The van der Waals surface area contributed by atoms with E-state index in [9.17, 15) is 4.79 Å². The Morgan fingerprint density at radius 2 is 2.11 bits per heavy atom. The van der Waals surface area contributed by atoms with E-state index >= 15 is 0 Å². The first kappa shape index (κ1) is 16.1. The molecule has 0 spiro atoms. The van der Waals surface area contributed by atoms with Crippen LogP contribution in [0.1, 0.15) is 26.2 Å². The maximum Gasteiger partial charge on any atom is 0.226 e. The fourth-order valence-electron chi connectivity index (χ4n) is 1.44. The molecule has 0 radical (unpaired) electrons. The third-order valence-corrected chi connectivity index (χ3v) is 2.98. The standard InChI is InChI=1S/C13H18Cl2N2O2/c1-2-3-5-19-6-4-12(18)17-13-10(15)7-9(14)8-11(13)16/h7-8H,2-6,16H2,1H3,(H,17,18). The molecule has 0 aliphatic rings. The van der Waals surface area contributed by atoms with Crippen LogP contribution in [0, 0.1) is 0 Å². The summed E-state index contributed by atoms with van der Waals surface area (Å²) in [5.74, 6) is -0.188. The monoisotopic (exact) mass is 304 g/mol. The number of amides is 1. The summed E-state index contributed by atoms with van der Waals surface area (Å²) in [7, 11) is 0. The molecule has 1 aromatic carbocycles. The molecule has 1 rings (SSSR count). The molecule has 1 amide bonds. The average Bonchev–Trinajstić information content (AvgIpc) is 2.33. The SMILES string of the molecule is CCCCOCCC(=O)Nc1c(N)cc(Cl)cc1Cl. The van der Waals surface area contributed by atoms with Gasteiger partial charge in [0.2, 0.25) is 5.91 Å². The van der Waals surface area contributed by atoms with Gasteiger partial charge < -0.3 is 15.8 Å². The van der Waals surface area contributed by atoms with Crippen LogP contribution in [0.15, 0.2) is 12.1 Å². The van der Waals surface area contributed by atoms with Crippen molar-refractivity contribution in [3.05, 3.63) is 22.2 Å². The Hall–Kier alpha value is -0.970. The lowest BCUT2D eigenvalue weighted by molar-refractivity contribution is -0.117. The molecule has 4 nitrogen and oxygen atoms in total. The minimum atomic E-state index is -0.188. The first-order valence-corrected chi connectivity index (χ1v) is 6.92. The first-order chi connectivity index (χ1) is 9.04. The Labute approximate surface area is 123 Å². The van der Waals surface area contributed by atoms with Crippen molar-refractivity contribution < 1.29 is 9.53 Å². The molecule has 0 aliphatic carbocycles. The fraction of sp³-hybridized carbons (Fsp3) is 0.462. The summed E-state index contributed by atoms with van der Waals surface area (Å²) in [5, 5.41) is 3.42. The summed E-state index contributed by atoms with van der Waals surface area (Å²) in [6, 6.07) is 3.08. The summed E-state index contributed by atoms with van der Waals surface area (Å²) in [5.41, 5.74) is 6.49. The van der Waals surface area contributed by atoms with Crippen molar-refractivity contribution in [2.45, 2.75) is 26.2 Å². The van der Waals surface area contributed by atoms with Gasteiger partial charge in [-0.1, -0.05) is 36.5 Å². The maximum absolute atomic E-state index is 11.7. The quantitative estimate of drug-likeness (QED) is 0.596. The maximum atomic E-state index is 11.7. The normalized spacial score (nSPS) is 10.5. The van der Waals surface area contributed by atoms with Gasteiger partial charge in [0.25, 0.3) is 0 Å². The number of unbranched alkanes of at least 4 members (excludes halogenated alkanes) is 1. The van der Waals surface area contributed by atoms with Gasteiger partial charge in [0, 0.05) is 11.6 Å². The number of rotatable bonds is 7. The number of anilines is 2. The highest BCUT2D eigenvalue weighted by atomic mass is 35.5. The number of ether oxygens (including phenoxy) is 1. The zero-order chi connectivity index (χ0) is 14.3. The van der Waals surface area contributed by atoms with E-state index in [0.29, 0.717) is 34.6 Å². The van der Waals surface area contributed by atoms with Gasteiger partial charge >= 0.3 is 0 Å². The molecular weight excluding hydrogens is 287 g/mol. The number of hydrogen-bond donors (Lipinski definition) is 2. The lowest BCUT2D eigenvalue weighted by atomic mass is 10.2. The van der Waals surface area contributed by atoms with Crippen LogP contribution >= 0.6 is 23.2 Å². The number of halogens is 2. The van der Waals surface area contributed by atoms with Gasteiger partial charge in [-0.3, -0.25) is 4.79 Å². The minimum Gasteiger partial charge on any atom is -0.397 e. The summed E-state index contributed by atoms with van der Waals surface area (Å²) < 4.78 is 5.32. The third kappa shape index (κ3) is 5.68. The Balaban J connectivity index is 2.44. The molecule has 3 N–H and O–H groups in total. The van der Waals surface area contributed by atoms with Crippen LogP contribution in [0.5, 0.6) is 0 Å². The van der Waals surface area contributed by atoms with Crippen molar-refractivity contribution in [1.29, 1.82) is 0 Å². The topological polar surface area (TPSA) is 64.3 Å². The molecule has 6 heteroatoms. The van der Waals surface area contributed by atoms with Crippen LogP contribution in [-0.2, 0) is 9.53 Å². The molecule has 0 bridgehead atoms. The first-order valence-electron chi connectivity index (χ1n) is 6.16. The van der Waals surface area contributed by atoms with Gasteiger partial charge in [-0.05, 0) is 18.6 Å². The van der Waals surface area contributed by atoms with E-state index in [0.717, 1.165) is 12.8 Å². The summed E-state index contributed by atoms with van der Waals surface area (Å²) in [6.45, 7) is 3.14. The second kappa shape index (κ2) is 8.25. The molecule has 0 aliphatic heterocycles. The van der Waals surface area contributed by atoms with Crippen molar-refractivity contribution >= 4 is 40.5 Å². The highest BCUT2D eigenvalue weighted by Gasteiger charge is 2.10. The Morgan fingerprint density at radius 1 is 1.37 bits per heavy atom. The Kier molecular flexibility index (Phi) is 6.99. The van der Waals surface area contributed by atoms with Gasteiger partial charge in [-0.15, -0.1) is 0 Å². The lowest BCUT2D eigenvalue weighted by Crippen LogP contribution is -2.15. The Bertz CT molecular complexity index is 416. The number of hydrogen-bond acceptors (Lipinski definition) is 3. The Morgan fingerprint density at radius 3 is 2.74 bits per heavy atom. The van der Waals surface area contributed by atoms with Crippen LogP contribution in [-0.4, -0.2) is 19.1 Å². The average molecular weight is 305 g/mol. The van der Waals surface area contributed by atoms with E-state index < -0.39 is 0 Å². The van der Waals surface area contributed by atoms with Crippen molar-refractivity contribution in [2.75, 3.05) is 24.3 Å². The van der Waals surface area contributed by atoms with Gasteiger partial charge in [-0.25, -0.2) is 0 Å². The molecule has 0 saturated carbocycles. The van der Waals surface area contributed by atoms with Gasteiger partial charge in [0.05, 0.1) is 29.4 Å². The minimum absolute atomic E-state index is 0.188. The molecule has 19 heavy (non-hydrogen) atoms. The lowest BCUT2D eigenvalue weighted by Gasteiger charge is -2.10. The zero-order valence-electron chi connectivity index (χ0n) is 10.8. The number of nitrogens with one attached hydrogen (secondary N) is 1. The smallest absolute Gasteiger partial charge is 0.226 e. The van der Waals surface area contributed by atoms with E-state index in [-0.39, 0.29) is 12.3 Å². The second-order valence-electron chi connectivity index (χ2n) is 4.12. The van der Waals surface area contributed by atoms with Crippen LogP contribution in [0.2, 0.25) is 10.0 Å². The van der Waals surface area contributed by atoms with E-state index in [4.69, 9.17) is 33.7 Å². The van der Waals surface area contributed by atoms with Crippen molar-refractivity contribution in [2.24, 2.45) is 0 Å². The largest absolute Gasteiger partial charge is 0.397 e. The predicted molar refractivity (Wildman–Crippen MR) is 79.8 cm³/mol.